The number of hydrogen-bond acceptors (Lipinski definition) is 6. The molecule has 0 aromatic carbocycles. The Hall–Kier alpha value is 0.850. The van der Waals surface area contributed by atoms with Gasteiger partial charge in [0.15, 0.2) is 0 Å². The maximum atomic E-state index is 8.44. The number of hydrogen-bond donors (Lipinski definition) is 0. The van der Waals surface area contributed by atoms with Gasteiger partial charge in [-0.3, -0.25) is 8.42 Å². The molecule has 0 unspecified atom stereocenters. The van der Waals surface area contributed by atoms with Gasteiger partial charge in [-0.1, -0.05) is 0 Å². The van der Waals surface area contributed by atoms with Gasteiger partial charge in [0.05, 0.1) is 0 Å². The van der Waals surface area contributed by atoms with Gasteiger partial charge in [0.1, 0.15) is 0 Å². The average molecular weight is 197 g/mol. The molecule has 0 aliphatic rings. The van der Waals surface area contributed by atoms with Crippen molar-refractivity contribution in [3.8, 4) is 0 Å². The Kier molecular flexibility index (Phi) is 36.9. The van der Waals surface area contributed by atoms with Gasteiger partial charge in [-0.05, 0) is 0 Å². The summed E-state index contributed by atoms with van der Waals surface area (Å²) in [6.45, 7) is 0. The van der Waals surface area contributed by atoms with E-state index in [1.807, 2.05) is 0 Å². The van der Waals surface area contributed by atoms with Crippen molar-refractivity contribution in [2.24, 2.45) is 0 Å². The van der Waals surface area contributed by atoms with Gasteiger partial charge in [-0.15, -0.1) is 22.7 Å². The molecular formula is NNaO6S2. The van der Waals surface area contributed by atoms with Crippen molar-refractivity contribution in [2.75, 3.05) is 0 Å². The second kappa shape index (κ2) is 16.4. The summed E-state index contributed by atoms with van der Waals surface area (Å²) in [5, 5.41) is 0. The molecule has 0 aliphatic heterocycles. The molecule has 0 fully saturated rings. The summed E-state index contributed by atoms with van der Waals surface area (Å²) < 4.78 is 50.7. The van der Waals surface area contributed by atoms with E-state index in [-0.39, 0.29) is 35.7 Å². The normalized spacial score (nSPS) is 7.00. The van der Waals surface area contributed by atoms with Crippen LogP contribution in [0.25, 0.3) is 0 Å². The molecule has 0 atom stereocenters. The molecule has 0 saturated carbocycles. The predicted molar refractivity (Wildman–Crippen MR) is 21.5 cm³/mol. The molecule has 0 amide bonds. The minimum absolute atomic E-state index is 0. The fourth-order valence-electron chi connectivity index (χ4n) is 0. The van der Waals surface area contributed by atoms with Crippen LogP contribution in [-0.2, 0) is 22.7 Å². The van der Waals surface area contributed by atoms with Crippen LogP contribution in [0.1, 0.15) is 0 Å². The van der Waals surface area contributed by atoms with Crippen LogP contribution in [0.5, 0.6) is 0 Å². The average Bonchev–Trinajstić information content (AvgIpc) is 1.25. The van der Waals surface area contributed by atoms with Crippen molar-refractivity contribution >= 4 is 22.7 Å². The molecule has 0 aromatic heterocycles. The Morgan fingerprint density at radius 2 is 0.800 bits per heavy atom. The van der Waals surface area contributed by atoms with Crippen LogP contribution in [0.4, 0.5) is 0 Å². The van der Waals surface area contributed by atoms with E-state index >= 15 is 0 Å². The van der Waals surface area contributed by atoms with Crippen molar-refractivity contribution in [3.05, 3.63) is 0 Å². The van der Waals surface area contributed by atoms with Crippen molar-refractivity contribution in [1.82, 2.24) is 6.15 Å². The third-order valence-corrected chi connectivity index (χ3v) is 0. The third kappa shape index (κ3) is 755. The van der Waals surface area contributed by atoms with E-state index in [0.29, 0.717) is 0 Å². The van der Waals surface area contributed by atoms with Crippen molar-refractivity contribution in [2.45, 2.75) is 0 Å². The summed E-state index contributed by atoms with van der Waals surface area (Å²) in [7, 11) is 0. The van der Waals surface area contributed by atoms with Gasteiger partial charge in [0, 0.05) is 0 Å². The fourth-order valence-corrected chi connectivity index (χ4v) is 0. The SMILES string of the molecule is O=S([O-])[O-].O=S([O-])[O-].[N+3].[Na+]. The topological polar surface area (TPSA) is 157 Å². The molecule has 0 saturated heterocycles. The Labute approximate surface area is 84.7 Å². The van der Waals surface area contributed by atoms with Crippen LogP contribution in [0.2, 0.25) is 0 Å². The maximum absolute atomic E-state index is 8.44. The molecule has 0 aliphatic carbocycles. The van der Waals surface area contributed by atoms with Crippen LogP contribution < -0.4 is 35.7 Å². The van der Waals surface area contributed by atoms with E-state index in [9.17, 15) is 0 Å². The van der Waals surface area contributed by atoms with E-state index in [1.165, 1.54) is 0 Å². The summed E-state index contributed by atoms with van der Waals surface area (Å²) in [5.74, 6) is 0. The fraction of sp³-hybridized carbons (Fsp3) is 0. The van der Waals surface area contributed by atoms with Gasteiger partial charge < -0.3 is 18.2 Å². The minimum Gasteiger partial charge on any atom is -0.784 e. The van der Waals surface area contributed by atoms with E-state index < -0.39 is 22.7 Å². The van der Waals surface area contributed by atoms with Crippen molar-refractivity contribution < 1.29 is 56.2 Å². The first-order chi connectivity index (χ1) is 3.46. The monoisotopic (exact) mass is 197 g/mol. The summed E-state index contributed by atoms with van der Waals surface area (Å²) >= 11 is -6.22. The molecule has 54 valence electrons. The molecule has 2 radical (unpaired) electrons. The molecule has 10 heavy (non-hydrogen) atoms. The first-order valence-corrected chi connectivity index (χ1v) is 3.00. The van der Waals surface area contributed by atoms with Crippen LogP contribution in [0, 0.1) is 0 Å². The quantitative estimate of drug-likeness (QED) is 0.278. The molecule has 0 N–H and O–H groups in total. The molecule has 0 aromatic rings. The zero-order valence-electron chi connectivity index (χ0n) is 4.71. The van der Waals surface area contributed by atoms with Crippen LogP contribution >= 0.6 is 0 Å². The Bertz CT molecular complexity index is 73.7. The van der Waals surface area contributed by atoms with E-state index in [0.717, 1.165) is 0 Å². The van der Waals surface area contributed by atoms with Gasteiger partial charge in [-0.25, -0.2) is 0 Å². The van der Waals surface area contributed by atoms with Crippen LogP contribution in [-0.4, -0.2) is 26.6 Å². The van der Waals surface area contributed by atoms with E-state index in [2.05, 4.69) is 0 Å². The standard InChI is InChI=1S/N.Na.2H2O3S/c;;2*1-4(2)3/h;;2*(H2,1,2,3)/q+3;+1;;/p-4. The van der Waals surface area contributed by atoms with Crippen molar-refractivity contribution in [1.29, 1.82) is 0 Å². The molecule has 0 heterocycles. The molecule has 7 nitrogen and oxygen atoms in total. The van der Waals surface area contributed by atoms with Gasteiger partial charge in [-0.2, -0.15) is 0 Å². The molecule has 0 bridgehead atoms. The van der Waals surface area contributed by atoms with E-state index in [4.69, 9.17) is 26.6 Å². The number of rotatable bonds is 0. The third-order valence-electron chi connectivity index (χ3n) is 0. The Morgan fingerprint density at radius 1 is 0.800 bits per heavy atom. The summed E-state index contributed by atoms with van der Waals surface area (Å²) in [6, 6.07) is 0. The van der Waals surface area contributed by atoms with Gasteiger partial charge in [0.25, 0.3) is 0 Å². The van der Waals surface area contributed by atoms with Gasteiger partial charge in [0.2, 0.25) is 0 Å². The number of nitrogens with zero attached hydrogens (tertiary/aromatic N) is 1. The minimum atomic E-state index is -3.11. The smallest absolute Gasteiger partial charge is 0.784 e. The van der Waals surface area contributed by atoms with E-state index in [1.54, 1.807) is 0 Å². The molecule has 10 heteroatoms. The Balaban J connectivity index is -0.0000000300. The maximum Gasteiger partial charge on any atom is 3.00 e. The molecular weight excluding hydrogens is 197 g/mol. The van der Waals surface area contributed by atoms with Crippen LogP contribution in [0.15, 0.2) is 0 Å². The zero-order valence-corrected chi connectivity index (χ0v) is 8.35. The second-order valence-corrected chi connectivity index (χ2v) is 1.22. The van der Waals surface area contributed by atoms with Crippen molar-refractivity contribution in [3.63, 3.8) is 0 Å². The second-order valence-electron chi connectivity index (χ2n) is 0.408. The molecule has 0 spiro atoms. The predicted octanol–water partition coefficient (Wildman–Crippen LogP) is -5.48. The largest absolute Gasteiger partial charge is 3.00 e. The first-order valence-electron chi connectivity index (χ1n) is 1.00. The Morgan fingerprint density at radius 3 is 0.800 bits per heavy atom. The summed E-state index contributed by atoms with van der Waals surface area (Å²) in [4.78, 5) is 0. The zero-order chi connectivity index (χ0) is 7.15. The molecule has 0 rings (SSSR count). The first kappa shape index (κ1) is 22.4. The van der Waals surface area contributed by atoms with Gasteiger partial charge >= 0.3 is 35.7 Å². The van der Waals surface area contributed by atoms with Crippen LogP contribution in [0.3, 0.4) is 0 Å². The summed E-state index contributed by atoms with van der Waals surface area (Å²) in [6.07, 6.45) is 0. The summed E-state index contributed by atoms with van der Waals surface area (Å²) in [5.41, 5.74) is 0.